The van der Waals surface area contributed by atoms with Crippen molar-refractivity contribution in [3.8, 4) is 0 Å². The van der Waals surface area contributed by atoms with Gasteiger partial charge in [-0.25, -0.2) is 4.39 Å². The molecule has 3 N–H and O–H groups in total. The van der Waals surface area contributed by atoms with Crippen LogP contribution in [0.15, 0.2) is 18.2 Å². The molecule has 0 fully saturated rings. The maximum Gasteiger partial charge on any atom is 0.311 e. The van der Waals surface area contributed by atoms with E-state index in [0.717, 1.165) is 25.7 Å². The molecule has 0 aromatic heterocycles. The largest absolute Gasteiger partial charge is 0.481 e. The minimum absolute atomic E-state index is 0.349. The molecule has 1 aromatic rings. The van der Waals surface area contributed by atoms with Crippen LogP contribution in [-0.4, -0.2) is 11.1 Å². The van der Waals surface area contributed by atoms with Gasteiger partial charge in [0.1, 0.15) is 5.82 Å². The fourth-order valence-electron chi connectivity index (χ4n) is 2.21. The number of halogens is 1. The average Bonchev–Trinajstić information content (AvgIpc) is 2.37. The van der Waals surface area contributed by atoms with Crippen molar-refractivity contribution in [3.05, 3.63) is 29.6 Å². The topological polar surface area (TPSA) is 63.3 Å². The van der Waals surface area contributed by atoms with Crippen molar-refractivity contribution >= 4 is 11.7 Å². The molecule has 1 rings (SSSR count). The van der Waals surface area contributed by atoms with Crippen LogP contribution in [-0.2, 0) is 4.79 Å². The molecule has 0 aliphatic rings. The Morgan fingerprint density at radius 3 is 2.63 bits per heavy atom. The summed E-state index contributed by atoms with van der Waals surface area (Å²) in [5.74, 6) is -2.09. The first kappa shape index (κ1) is 15.5. The molecule has 0 radical (unpaired) electrons. The first-order valence-electron chi connectivity index (χ1n) is 6.84. The third kappa shape index (κ3) is 4.89. The number of carboxylic acid groups (broad SMARTS) is 1. The Morgan fingerprint density at radius 2 is 2.00 bits per heavy atom. The number of hydrogen-bond donors (Lipinski definition) is 2. The highest BCUT2D eigenvalue weighted by Gasteiger charge is 2.22. The van der Waals surface area contributed by atoms with Crippen molar-refractivity contribution < 1.29 is 14.3 Å². The van der Waals surface area contributed by atoms with E-state index in [0.29, 0.717) is 17.7 Å². The highest BCUT2D eigenvalue weighted by atomic mass is 19.1. The van der Waals surface area contributed by atoms with Gasteiger partial charge < -0.3 is 10.8 Å². The second kappa shape index (κ2) is 7.77. The van der Waals surface area contributed by atoms with E-state index in [1.165, 1.54) is 24.6 Å². The van der Waals surface area contributed by atoms with Gasteiger partial charge in [-0.3, -0.25) is 4.79 Å². The summed E-state index contributed by atoms with van der Waals surface area (Å²) in [6.07, 6.45) is 5.77. The van der Waals surface area contributed by atoms with Gasteiger partial charge in [0.2, 0.25) is 0 Å². The fraction of sp³-hybridized carbons (Fsp3) is 0.533. The standard InChI is InChI=1S/C15H22FNO2/c1-2-3-4-5-6-7-12(15(18)19)13-10-11(16)8-9-14(13)17/h8-10,12H,2-7,17H2,1H3,(H,18,19). The number of nitrogens with two attached hydrogens (primary N) is 1. The van der Waals surface area contributed by atoms with Crippen LogP contribution in [0.2, 0.25) is 0 Å². The van der Waals surface area contributed by atoms with Gasteiger partial charge in [-0.05, 0) is 30.2 Å². The average molecular weight is 267 g/mol. The summed E-state index contributed by atoms with van der Waals surface area (Å²) < 4.78 is 13.2. The summed E-state index contributed by atoms with van der Waals surface area (Å²) in [5.41, 5.74) is 6.49. The number of unbranched alkanes of at least 4 members (excludes halogenated alkanes) is 4. The summed E-state index contributed by atoms with van der Waals surface area (Å²) in [7, 11) is 0. The Bertz CT molecular complexity index is 421. The van der Waals surface area contributed by atoms with E-state index in [2.05, 4.69) is 6.92 Å². The molecule has 19 heavy (non-hydrogen) atoms. The van der Waals surface area contributed by atoms with Crippen LogP contribution in [0.5, 0.6) is 0 Å². The van der Waals surface area contributed by atoms with Crippen molar-refractivity contribution in [1.29, 1.82) is 0 Å². The maximum atomic E-state index is 13.2. The van der Waals surface area contributed by atoms with E-state index in [4.69, 9.17) is 5.73 Å². The summed E-state index contributed by atoms with van der Waals surface area (Å²) in [5, 5.41) is 9.27. The first-order chi connectivity index (χ1) is 9.06. The molecule has 0 bridgehead atoms. The molecule has 0 spiro atoms. The molecule has 0 heterocycles. The van der Waals surface area contributed by atoms with Gasteiger partial charge in [0.25, 0.3) is 0 Å². The van der Waals surface area contributed by atoms with Crippen LogP contribution in [0.3, 0.4) is 0 Å². The normalized spacial score (nSPS) is 12.3. The molecule has 1 aromatic carbocycles. The number of benzene rings is 1. The SMILES string of the molecule is CCCCCCCC(C(=O)O)c1cc(F)ccc1N. The molecule has 4 heteroatoms. The molecule has 106 valence electrons. The number of anilines is 1. The Labute approximate surface area is 113 Å². The van der Waals surface area contributed by atoms with E-state index < -0.39 is 17.7 Å². The lowest BCUT2D eigenvalue weighted by atomic mass is 9.91. The Morgan fingerprint density at radius 1 is 1.32 bits per heavy atom. The van der Waals surface area contributed by atoms with Gasteiger partial charge in [-0.1, -0.05) is 39.0 Å². The van der Waals surface area contributed by atoms with Crippen LogP contribution in [0.1, 0.15) is 56.9 Å². The van der Waals surface area contributed by atoms with Crippen molar-refractivity contribution in [3.63, 3.8) is 0 Å². The second-order valence-corrected chi connectivity index (χ2v) is 4.87. The zero-order valence-electron chi connectivity index (χ0n) is 11.4. The highest BCUT2D eigenvalue weighted by molar-refractivity contribution is 5.78. The third-order valence-electron chi connectivity index (χ3n) is 3.32. The predicted octanol–water partition coefficient (Wildman–Crippen LogP) is 3.94. The van der Waals surface area contributed by atoms with Crippen LogP contribution in [0.25, 0.3) is 0 Å². The third-order valence-corrected chi connectivity index (χ3v) is 3.32. The van der Waals surface area contributed by atoms with Crippen molar-refractivity contribution in [2.45, 2.75) is 51.4 Å². The van der Waals surface area contributed by atoms with Gasteiger partial charge >= 0.3 is 5.97 Å². The quantitative estimate of drug-likeness (QED) is 0.554. The Hall–Kier alpha value is -1.58. The smallest absolute Gasteiger partial charge is 0.311 e. The molecule has 1 atom stereocenters. The van der Waals surface area contributed by atoms with E-state index >= 15 is 0 Å². The molecule has 0 aliphatic heterocycles. The van der Waals surface area contributed by atoms with Crippen molar-refractivity contribution in [2.75, 3.05) is 5.73 Å². The first-order valence-corrected chi connectivity index (χ1v) is 6.84. The summed E-state index contributed by atoms with van der Waals surface area (Å²) in [6, 6.07) is 3.91. The fourth-order valence-corrected chi connectivity index (χ4v) is 2.21. The summed E-state index contributed by atoms with van der Waals surface area (Å²) in [4.78, 5) is 11.3. The monoisotopic (exact) mass is 267 g/mol. The van der Waals surface area contributed by atoms with Gasteiger partial charge in [-0.2, -0.15) is 0 Å². The number of aliphatic carboxylic acids is 1. The molecular weight excluding hydrogens is 245 g/mol. The molecule has 0 aliphatic carbocycles. The van der Waals surface area contributed by atoms with Crippen molar-refractivity contribution in [2.24, 2.45) is 0 Å². The number of nitrogen functional groups attached to an aromatic ring is 1. The van der Waals surface area contributed by atoms with Gasteiger partial charge in [0.05, 0.1) is 5.92 Å². The maximum absolute atomic E-state index is 13.2. The highest BCUT2D eigenvalue weighted by Crippen LogP contribution is 2.28. The molecule has 3 nitrogen and oxygen atoms in total. The van der Waals surface area contributed by atoms with Crippen LogP contribution in [0, 0.1) is 5.82 Å². The van der Waals surface area contributed by atoms with Gasteiger partial charge in [-0.15, -0.1) is 0 Å². The van der Waals surface area contributed by atoms with Gasteiger partial charge in [0.15, 0.2) is 0 Å². The number of carbonyl (C=O) groups is 1. The van der Waals surface area contributed by atoms with Gasteiger partial charge in [0, 0.05) is 5.69 Å². The van der Waals surface area contributed by atoms with Crippen LogP contribution < -0.4 is 5.73 Å². The molecular formula is C15H22FNO2. The lowest BCUT2D eigenvalue weighted by molar-refractivity contribution is -0.139. The summed E-state index contributed by atoms with van der Waals surface area (Å²) in [6.45, 7) is 2.13. The zero-order valence-corrected chi connectivity index (χ0v) is 11.4. The molecule has 0 saturated carbocycles. The van der Waals surface area contributed by atoms with Crippen molar-refractivity contribution in [1.82, 2.24) is 0 Å². The Kier molecular flexibility index (Phi) is 6.33. The van der Waals surface area contributed by atoms with E-state index in [1.807, 2.05) is 0 Å². The minimum atomic E-state index is -0.937. The lowest BCUT2D eigenvalue weighted by Crippen LogP contribution is -2.14. The number of hydrogen-bond acceptors (Lipinski definition) is 2. The van der Waals surface area contributed by atoms with Crippen LogP contribution in [0.4, 0.5) is 10.1 Å². The van der Waals surface area contributed by atoms with E-state index in [-0.39, 0.29) is 0 Å². The summed E-state index contributed by atoms with van der Waals surface area (Å²) >= 11 is 0. The number of carboxylic acids is 1. The number of rotatable bonds is 8. The van der Waals surface area contributed by atoms with E-state index in [1.54, 1.807) is 0 Å². The van der Waals surface area contributed by atoms with Crippen LogP contribution >= 0.6 is 0 Å². The Balaban J connectivity index is 2.67. The molecule has 1 unspecified atom stereocenters. The second-order valence-electron chi connectivity index (χ2n) is 4.87. The minimum Gasteiger partial charge on any atom is -0.481 e. The lowest BCUT2D eigenvalue weighted by Gasteiger charge is -2.15. The molecule has 0 saturated heterocycles. The zero-order chi connectivity index (χ0) is 14.3. The predicted molar refractivity (Wildman–Crippen MR) is 74.6 cm³/mol. The molecule has 0 amide bonds. The van der Waals surface area contributed by atoms with E-state index in [9.17, 15) is 14.3 Å².